The molecule has 0 saturated carbocycles. The zero-order valence-corrected chi connectivity index (χ0v) is 15.5. The second-order valence-corrected chi connectivity index (χ2v) is 6.39. The number of ether oxygens (including phenoxy) is 1. The Morgan fingerprint density at radius 3 is 2.56 bits per heavy atom. The molecular formula is C19H29N3O3. The molecule has 138 valence electrons. The van der Waals surface area contributed by atoms with E-state index < -0.39 is 0 Å². The van der Waals surface area contributed by atoms with Gasteiger partial charge in [-0.15, -0.1) is 0 Å². The number of amides is 2. The smallest absolute Gasteiger partial charge is 0.265 e. The first kappa shape index (κ1) is 19.2. The molecule has 2 N–H and O–H groups in total. The van der Waals surface area contributed by atoms with Gasteiger partial charge in [0.15, 0.2) is 6.61 Å². The van der Waals surface area contributed by atoms with Crippen molar-refractivity contribution in [3.8, 4) is 5.75 Å². The van der Waals surface area contributed by atoms with E-state index in [1.807, 2.05) is 43.9 Å². The van der Waals surface area contributed by atoms with Gasteiger partial charge >= 0.3 is 0 Å². The Balaban J connectivity index is 2.26. The van der Waals surface area contributed by atoms with E-state index in [4.69, 9.17) is 10.5 Å². The van der Waals surface area contributed by atoms with Gasteiger partial charge in [-0.3, -0.25) is 14.5 Å². The molecule has 6 nitrogen and oxygen atoms in total. The molecule has 2 amide bonds. The third-order valence-electron chi connectivity index (χ3n) is 4.43. The van der Waals surface area contributed by atoms with Crippen LogP contribution in [0.4, 0.5) is 5.69 Å². The van der Waals surface area contributed by atoms with Crippen LogP contribution in [0.1, 0.15) is 51.6 Å². The van der Waals surface area contributed by atoms with Gasteiger partial charge in [-0.2, -0.15) is 0 Å². The summed E-state index contributed by atoms with van der Waals surface area (Å²) in [6.45, 7) is 7.52. The van der Waals surface area contributed by atoms with Crippen LogP contribution in [-0.2, 0) is 9.59 Å². The van der Waals surface area contributed by atoms with Crippen LogP contribution in [0.25, 0.3) is 0 Å². The molecule has 0 fully saturated rings. The number of carbonyl (C=O) groups is 2. The van der Waals surface area contributed by atoms with Gasteiger partial charge in [0, 0.05) is 19.1 Å². The Bertz CT molecular complexity index is 612. The van der Waals surface area contributed by atoms with Crippen LogP contribution in [0, 0.1) is 0 Å². The molecule has 1 atom stereocenters. The number of fused-ring (bicyclic) bond motifs is 1. The normalized spacial score (nSPS) is 14.7. The number of hydrogen-bond donors (Lipinski definition) is 1. The fraction of sp³-hybridized carbons (Fsp3) is 0.579. The highest BCUT2D eigenvalue weighted by Crippen LogP contribution is 2.34. The Labute approximate surface area is 149 Å². The predicted molar refractivity (Wildman–Crippen MR) is 98.7 cm³/mol. The number of hydrogen-bond acceptors (Lipinski definition) is 4. The van der Waals surface area contributed by atoms with Gasteiger partial charge < -0.3 is 15.4 Å². The zero-order chi connectivity index (χ0) is 18.4. The van der Waals surface area contributed by atoms with E-state index in [-0.39, 0.29) is 31.0 Å². The fourth-order valence-corrected chi connectivity index (χ4v) is 3.00. The molecule has 1 aliphatic rings. The number of rotatable bonds is 8. The van der Waals surface area contributed by atoms with Gasteiger partial charge in [0.05, 0.1) is 5.69 Å². The monoisotopic (exact) mass is 347 g/mol. The van der Waals surface area contributed by atoms with E-state index in [2.05, 4.69) is 0 Å². The average molecular weight is 347 g/mol. The summed E-state index contributed by atoms with van der Waals surface area (Å²) < 4.78 is 5.51. The van der Waals surface area contributed by atoms with Crippen LogP contribution in [0.2, 0.25) is 0 Å². The minimum absolute atomic E-state index is 0.0323. The molecule has 0 aliphatic carbocycles. The average Bonchev–Trinajstić information content (AvgIpc) is 2.62. The van der Waals surface area contributed by atoms with Gasteiger partial charge in [-0.25, -0.2) is 0 Å². The highest BCUT2D eigenvalue weighted by Gasteiger charge is 2.29. The van der Waals surface area contributed by atoms with E-state index in [0.29, 0.717) is 24.5 Å². The van der Waals surface area contributed by atoms with Crippen molar-refractivity contribution in [1.82, 2.24) is 4.90 Å². The first-order valence-corrected chi connectivity index (χ1v) is 9.12. The van der Waals surface area contributed by atoms with Crippen LogP contribution >= 0.6 is 0 Å². The van der Waals surface area contributed by atoms with E-state index in [1.54, 1.807) is 0 Å². The summed E-state index contributed by atoms with van der Waals surface area (Å²) in [6, 6.07) is 5.53. The van der Waals surface area contributed by atoms with E-state index >= 15 is 0 Å². The summed E-state index contributed by atoms with van der Waals surface area (Å²) >= 11 is 0. The number of carbonyl (C=O) groups excluding carboxylic acids is 2. The van der Waals surface area contributed by atoms with Gasteiger partial charge in [0.25, 0.3) is 5.91 Å². The highest BCUT2D eigenvalue weighted by atomic mass is 16.5. The van der Waals surface area contributed by atoms with E-state index in [1.165, 1.54) is 4.90 Å². The topological polar surface area (TPSA) is 75.9 Å². The lowest BCUT2D eigenvalue weighted by Gasteiger charge is -2.32. The molecule has 25 heavy (non-hydrogen) atoms. The van der Waals surface area contributed by atoms with Crippen molar-refractivity contribution in [3.63, 3.8) is 0 Å². The molecule has 1 unspecified atom stereocenters. The standard InChI is InChI=1S/C19H29N3O3/c1-4-9-21(10-5-2)18(23)12-22-16-11-14(15(20)6-3)7-8-17(16)25-13-19(22)24/h7-8,11,15H,4-6,9-10,12-13,20H2,1-3H3. The Hall–Kier alpha value is -2.08. The third kappa shape index (κ3) is 4.51. The molecule has 2 rings (SSSR count). The van der Waals surface area contributed by atoms with Crippen molar-refractivity contribution in [2.45, 2.75) is 46.1 Å². The second kappa shape index (κ2) is 8.85. The second-order valence-electron chi connectivity index (χ2n) is 6.39. The van der Waals surface area contributed by atoms with Crippen LogP contribution in [-0.4, -0.2) is 43.0 Å². The summed E-state index contributed by atoms with van der Waals surface area (Å²) in [7, 11) is 0. The lowest BCUT2D eigenvalue weighted by atomic mass is 10.0. The van der Waals surface area contributed by atoms with E-state index in [9.17, 15) is 9.59 Å². The molecule has 1 aliphatic heterocycles. The van der Waals surface area contributed by atoms with Crippen molar-refractivity contribution in [1.29, 1.82) is 0 Å². The molecule has 1 heterocycles. The van der Waals surface area contributed by atoms with Crippen molar-refractivity contribution in [2.75, 3.05) is 31.1 Å². The summed E-state index contributed by atoms with van der Waals surface area (Å²) in [5, 5.41) is 0. The highest BCUT2D eigenvalue weighted by molar-refractivity contribution is 6.02. The SMILES string of the molecule is CCCN(CCC)C(=O)CN1C(=O)COc2ccc(C(N)CC)cc21. The number of nitrogens with zero attached hydrogens (tertiary/aromatic N) is 2. The quantitative estimate of drug-likeness (QED) is 0.784. The molecule has 1 aromatic carbocycles. The van der Waals surface area contributed by atoms with Crippen LogP contribution in [0.3, 0.4) is 0 Å². The Kier molecular flexibility index (Phi) is 6.82. The summed E-state index contributed by atoms with van der Waals surface area (Å²) in [4.78, 5) is 28.4. The number of benzene rings is 1. The molecule has 0 radical (unpaired) electrons. The first-order valence-electron chi connectivity index (χ1n) is 9.12. The molecular weight excluding hydrogens is 318 g/mol. The van der Waals surface area contributed by atoms with Crippen molar-refractivity contribution in [2.24, 2.45) is 5.73 Å². The maximum atomic E-state index is 12.7. The minimum atomic E-state index is -0.198. The molecule has 0 aromatic heterocycles. The lowest BCUT2D eigenvalue weighted by molar-refractivity contribution is -0.132. The summed E-state index contributed by atoms with van der Waals surface area (Å²) in [5.41, 5.74) is 7.70. The summed E-state index contributed by atoms with van der Waals surface area (Å²) in [5.74, 6) is 0.392. The molecule has 1 aromatic rings. The molecule has 0 bridgehead atoms. The van der Waals surface area contributed by atoms with E-state index in [0.717, 1.165) is 24.8 Å². The van der Waals surface area contributed by atoms with Crippen LogP contribution in [0.15, 0.2) is 18.2 Å². The fourth-order valence-electron chi connectivity index (χ4n) is 3.00. The third-order valence-corrected chi connectivity index (χ3v) is 4.43. The maximum Gasteiger partial charge on any atom is 0.265 e. The van der Waals surface area contributed by atoms with Gasteiger partial charge in [0.2, 0.25) is 5.91 Å². The van der Waals surface area contributed by atoms with Crippen LogP contribution < -0.4 is 15.4 Å². The first-order chi connectivity index (χ1) is 12.0. The number of nitrogens with two attached hydrogens (primary N) is 1. The van der Waals surface area contributed by atoms with Gasteiger partial charge in [0.1, 0.15) is 12.3 Å². The zero-order valence-electron chi connectivity index (χ0n) is 15.5. The Morgan fingerprint density at radius 2 is 1.96 bits per heavy atom. The van der Waals surface area contributed by atoms with Crippen LogP contribution in [0.5, 0.6) is 5.75 Å². The number of anilines is 1. The lowest BCUT2D eigenvalue weighted by Crippen LogP contribution is -2.47. The maximum absolute atomic E-state index is 12.7. The predicted octanol–water partition coefficient (Wildman–Crippen LogP) is 2.47. The van der Waals surface area contributed by atoms with Gasteiger partial charge in [-0.1, -0.05) is 26.8 Å². The van der Waals surface area contributed by atoms with Crippen molar-refractivity contribution in [3.05, 3.63) is 23.8 Å². The molecule has 0 spiro atoms. The Morgan fingerprint density at radius 1 is 1.28 bits per heavy atom. The minimum Gasteiger partial charge on any atom is -0.482 e. The molecule has 0 saturated heterocycles. The van der Waals surface area contributed by atoms with Crippen molar-refractivity contribution >= 4 is 17.5 Å². The van der Waals surface area contributed by atoms with Crippen molar-refractivity contribution < 1.29 is 14.3 Å². The van der Waals surface area contributed by atoms with Gasteiger partial charge in [-0.05, 0) is 37.0 Å². The summed E-state index contributed by atoms with van der Waals surface area (Å²) in [6.07, 6.45) is 2.59. The molecule has 6 heteroatoms. The largest absolute Gasteiger partial charge is 0.482 e.